The number of anilines is 2. The number of rotatable bonds is 4. The van der Waals surface area contributed by atoms with Crippen molar-refractivity contribution in [1.82, 2.24) is 4.37 Å². The molecule has 108 valence electrons. The highest BCUT2D eigenvalue weighted by atomic mass is 32.2. The topological polar surface area (TPSA) is 85.5 Å². The van der Waals surface area contributed by atoms with Crippen molar-refractivity contribution in [2.24, 2.45) is 0 Å². The van der Waals surface area contributed by atoms with E-state index in [1.54, 1.807) is 0 Å². The van der Waals surface area contributed by atoms with Crippen LogP contribution in [-0.2, 0) is 14.6 Å². The molecule has 1 aliphatic heterocycles. The third-order valence-electron chi connectivity index (χ3n) is 3.10. The number of nitrogens with zero attached hydrogens (tertiary/aromatic N) is 2. The maximum Gasteiger partial charge on any atom is 0.182 e. The number of sulfone groups is 1. The number of ether oxygens (including phenoxy) is 1. The van der Waals surface area contributed by atoms with E-state index >= 15 is 0 Å². The summed E-state index contributed by atoms with van der Waals surface area (Å²) in [6.45, 7) is 4.14. The van der Waals surface area contributed by atoms with Crippen molar-refractivity contribution in [3.8, 4) is 0 Å². The van der Waals surface area contributed by atoms with Gasteiger partial charge >= 0.3 is 0 Å². The first kappa shape index (κ1) is 14.5. The van der Waals surface area contributed by atoms with Crippen LogP contribution in [0.5, 0.6) is 0 Å². The zero-order valence-corrected chi connectivity index (χ0v) is 12.8. The highest BCUT2D eigenvalue weighted by molar-refractivity contribution is 7.91. The van der Waals surface area contributed by atoms with Crippen LogP contribution >= 0.6 is 11.5 Å². The van der Waals surface area contributed by atoms with Crippen molar-refractivity contribution in [2.45, 2.75) is 30.8 Å². The van der Waals surface area contributed by atoms with E-state index in [-0.39, 0.29) is 16.8 Å². The van der Waals surface area contributed by atoms with Crippen LogP contribution in [-0.4, -0.2) is 44.8 Å². The Kier molecular flexibility index (Phi) is 4.32. The van der Waals surface area contributed by atoms with Gasteiger partial charge in [0, 0.05) is 26.0 Å². The minimum atomic E-state index is -3.36. The van der Waals surface area contributed by atoms with Crippen LogP contribution in [0, 0.1) is 0 Å². The molecule has 1 saturated heterocycles. The summed E-state index contributed by atoms with van der Waals surface area (Å²) in [6.07, 6.45) is 3.30. The van der Waals surface area contributed by atoms with Crippen molar-refractivity contribution < 1.29 is 13.2 Å². The monoisotopic (exact) mass is 305 g/mol. The summed E-state index contributed by atoms with van der Waals surface area (Å²) >= 11 is 1.15. The van der Waals surface area contributed by atoms with E-state index in [1.807, 2.05) is 11.8 Å². The van der Waals surface area contributed by atoms with Gasteiger partial charge in [-0.2, -0.15) is 4.37 Å². The Morgan fingerprint density at radius 3 is 2.95 bits per heavy atom. The molecule has 0 spiro atoms. The Morgan fingerprint density at radius 1 is 1.58 bits per heavy atom. The van der Waals surface area contributed by atoms with Crippen molar-refractivity contribution in [1.29, 1.82) is 0 Å². The molecule has 1 aromatic rings. The molecule has 1 atom stereocenters. The lowest BCUT2D eigenvalue weighted by molar-refractivity contribution is 0.0527. The first-order chi connectivity index (χ1) is 8.93. The molecule has 0 bridgehead atoms. The molecule has 1 aliphatic rings. The number of aromatic nitrogens is 1. The molecule has 1 aromatic heterocycles. The van der Waals surface area contributed by atoms with Crippen LogP contribution in [0.4, 0.5) is 10.8 Å². The van der Waals surface area contributed by atoms with Crippen LogP contribution in [0.15, 0.2) is 4.90 Å². The van der Waals surface area contributed by atoms with Gasteiger partial charge in [-0.25, -0.2) is 8.42 Å². The molecule has 0 amide bonds. The molecular formula is C11H19N3O3S2. The van der Waals surface area contributed by atoms with Gasteiger partial charge in [0.1, 0.15) is 9.90 Å². The minimum Gasteiger partial charge on any atom is -0.382 e. The lowest BCUT2D eigenvalue weighted by Gasteiger charge is -2.33. The summed E-state index contributed by atoms with van der Waals surface area (Å²) in [7, 11) is -3.36. The summed E-state index contributed by atoms with van der Waals surface area (Å²) in [6, 6.07) is 0. The van der Waals surface area contributed by atoms with Gasteiger partial charge in [0.15, 0.2) is 15.7 Å². The SMILES string of the molecule is CCOC1CCCN(c2snc(N)c2S(C)(=O)=O)C1. The molecule has 0 saturated carbocycles. The number of piperidine rings is 1. The number of hydrogen-bond donors (Lipinski definition) is 1. The zero-order chi connectivity index (χ0) is 14.0. The second-order valence-electron chi connectivity index (χ2n) is 4.64. The van der Waals surface area contributed by atoms with Gasteiger partial charge in [-0.15, -0.1) is 0 Å². The fraction of sp³-hybridized carbons (Fsp3) is 0.727. The predicted molar refractivity (Wildman–Crippen MR) is 76.5 cm³/mol. The lowest BCUT2D eigenvalue weighted by atomic mass is 10.1. The Bertz CT molecular complexity index is 539. The molecule has 1 unspecified atom stereocenters. The van der Waals surface area contributed by atoms with Gasteiger partial charge < -0.3 is 15.4 Å². The average Bonchev–Trinajstić information content (AvgIpc) is 2.72. The van der Waals surface area contributed by atoms with Crippen molar-refractivity contribution in [3.63, 3.8) is 0 Å². The minimum absolute atomic E-state index is 0.0982. The van der Waals surface area contributed by atoms with Crippen LogP contribution in [0.25, 0.3) is 0 Å². The van der Waals surface area contributed by atoms with Gasteiger partial charge in [-0.05, 0) is 31.3 Å². The molecule has 1 fully saturated rings. The van der Waals surface area contributed by atoms with Crippen LogP contribution in [0.2, 0.25) is 0 Å². The van der Waals surface area contributed by atoms with Gasteiger partial charge in [-0.1, -0.05) is 0 Å². The van der Waals surface area contributed by atoms with E-state index in [4.69, 9.17) is 10.5 Å². The summed E-state index contributed by atoms with van der Waals surface area (Å²) in [5, 5.41) is 0.643. The zero-order valence-electron chi connectivity index (χ0n) is 11.1. The van der Waals surface area contributed by atoms with Crippen molar-refractivity contribution in [3.05, 3.63) is 0 Å². The molecule has 8 heteroatoms. The predicted octanol–water partition coefficient (Wildman–Crippen LogP) is 1.13. The van der Waals surface area contributed by atoms with Gasteiger partial charge in [-0.3, -0.25) is 0 Å². The number of nitrogen functional groups attached to an aromatic ring is 1. The normalized spacial score (nSPS) is 20.7. The smallest absolute Gasteiger partial charge is 0.182 e. The molecule has 2 N–H and O–H groups in total. The highest BCUT2D eigenvalue weighted by Gasteiger charge is 2.28. The second kappa shape index (κ2) is 5.64. The largest absolute Gasteiger partial charge is 0.382 e. The fourth-order valence-electron chi connectivity index (χ4n) is 2.33. The third-order valence-corrected chi connectivity index (χ3v) is 5.29. The maximum absolute atomic E-state index is 11.8. The molecular weight excluding hydrogens is 286 g/mol. The Morgan fingerprint density at radius 2 is 2.32 bits per heavy atom. The Hall–Kier alpha value is -0.860. The highest BCUT2D eigenvalue weighted by Crippen LogP contribution is 2.36. The van der Waals surface area contributed by atoms with E-state index in [0.29, 0.717) is 18.2 Å². The molecule has 2 rings (SSSR count). The Balaban J connectivity index is 2.27. The fourth-order valence-corrected chi connectivity index (χ4v) is 4.57. The molecule has 19 heavy (non-hydrogen) atoms. The first-order valence-electron chi connectivity index (χ1n) is 6.25. The van der Waals surface area contributed by atoms with Gasteiger partial charge in [0.2, 0.25) is 0 Å². The molecule has 0 aromatic carbocycles. The van der Waals surface area contributed by atoms with Gasteiger partial charge in [0.05, 0.1) is 6.10 Å². The quantitative estimate of drug-likeness (QED) is 0.897. The molecule has 0 radical (unpaired) electrons. The van der Waals surface area contributed by atoms with Crippen molar-refractivity contribution >= 4 is 32.2 Å². The summed E-state index contributed by atoms with van der Waals surface area (Å²) < 4.78 is 33.2. The van der Waals surface area contributed by atoms with Gasteiger partial charge in [0.25, 0.3) is 0 Å². The summed E-state index contributed by atoms with van der Waals surface area (Å²) in [4.78, 5) is 2.18. The van der Waals surface area contributed by atoms with E-state index in [9.17, 15) is 8.42 Å². The van der Waals surface area contributed by atoms with Crippen molar-refractivity contribution in [2.75, 3.05) is 36.6 Å². The van der Waals surface area contributed by atoms with E-state index in [1.165, 1.54) is 6.26 Å². The summed E-state index contributed by atoms with van der Waals surface area (Å²) in [5.74, 6) is 0.0982. The summed E-state index contributed by atoms with van der Waals surface area (Å²) in [5.41, 5.74) is 5.69. The second-order valence-corrected chi connectivity index (χ2v) is 7.34. The third kappa shape index (κ3) is 3.18. The lowest BCUT2D eigenvalue weighted by Crippen LogP contribution is -2.39. The van der Waals surface area contributed by atoms with Crippen LogP contribution in [0.1, 0.15) is 19.8 Å². The Labute approximate surface area is 117 Å². The molecule has 2 heterocycles. The number of hydrogen-bond acceptors (Lipinski definition) is 7. The average molecular weight is 305 g/mol. The van der Waals surface area contributed by atoms with E-state index in [0.717, 1.165) is 30.9 Å². The van der Waals surface area contributed by atoms with E-state index in [2.05, 4.69) is 4.37 Å². The molecule has 6 nitrogen and oxygen atoms in total. The first-order valence-corrected chi connectivity index (χ1v) is 8.91. The standard InChI is InChI=1S/C11H19N3O3S2/c1-3-17-8-5-4-6-14(7-8)11-9(19(2,15)16)10(12)13-18-11/h8H,3-7H2,1-2H3,(H2,12,13). The van der Waals surface area contributed by atoms with Crippen LogP contribution < -0.4 is 10.6 Å². The van der Waals surface area contributed by atoms with E-state index < -0.39 is 9.84 Å². The number of nitrogens with two attached hydrogens (primary N) is 1. The molecule has 0 aliphatic carbocycles. The van der Waals surface area contributed by atoms with Crippen LogP contribution in [0.3, 0.4) is 0 Å². The maximum atomic E-state index is 11.8.